The molecule has 0 saturated carbocycles. The Morgan fingerprint density at radius 2 is 2.09 bits per heavy atom. The summed E-state index contributed by atoms with van der Waals surface area (Å²) in [6.07, 6.45) is 2.50. The van der Waals surface area contributed by atoms with Gasteiger partial charge in [0.15, 0.2) is 0 Å². The number of esters is 1. The van der Waals surface area contributed by atoms with Crippen LogP contribution in [-0.2, 0) is 16.1 Å². The lowest BCUT2D eigenvalue weighted by atomic mass is 10.1. The van der Waals surface area contributed by atoms with Crippen molar-refractivity contribution in [3.63, 3.8) is 0 Å². The number of aliphatic carboxylic acids is 1. The van der Waals surface area contributed by atoms with Crippen molar-refractivity contribution >= 4 is 29.4 Å². The number of carbonyl (C=O) groups excluding carboxylic acids is 1. The number of ether oxygens (including phenoxy) is 1. The number of aromatic nitrogens is 1. The molecule has 0 fully saturated rings. The number of carboxylic acids is 1. The quantitative estimate of drug-likeness (QED) is 0.649. The molecule has 2 rings (SSSR count). The molecule has 122 valence electrons. The number of nitrogens with zero attached hydrogens (tertiary/aromatic N) is 1. The number of hydrogen-bond acceptors (Lipinski definition) is 4. The van der Waals surface area contributed by atoms with Crippen molar-refractivity contribution in [2.75, 3.05) is 6.61 Å². The fourth-order valence-electron chi connectivity index (χ4n) is 2.52. The molecule has 0 aliphatic heterocycles. The predicted octanol–water partition coefficient (Wildman–Crippen LogP) is 3.49. The van der Waals surface area contributed by atoms with Gasteiger partial charge in [-0.15, -0.1) is 11.3 Å². The molecule has 0 radical (unpaired) electrons. The van der Waals surface area contributed by atoms with Crippen LogP contribution in [0.15, 0.2) is 23.6 Å². The molecule has 2 aromatic heterocycles. The summed E-state index contributed by atoms with van der Waals surface area (Å²) in [5.41, 5.74) is 2.65. The summed E-state index contributed by atoms with van der Waals surface area (Å²) in [4.78, 5) is 24.3. The minimum absolute atomic E-state index is 0.273. The monoisotopic (exact) mass is 333 g/mol. The Balaban J connectivity index is 2.53. The summed E-state index contributed by atoms with van der Waals surface area (Å²) in [7, 11) is 0. The van der Waals surface area contributed by atoms with Gasteiger partial charge < -0.3 is 14.4 Å². The van der Waals surface area contributed by atoms with Gasteiger partial charge in [-0.1, -0.05) is 6.07 Å². The first-order chi connectivity index (χ1) is 11.0. The van der Waals surface area contributed by atoms with Gasteiger partial charge in [-0.3, -0.25) is 0 Å². The van der Waals surface area contributed by atoms with Gasteiger partial charge in [0.25, 0.3) is 0 Å². The van der Waals surface area contributed by atoms with E-state index in [0.29, 0.717) is 17.7 Å². The Bertz CT molecular complexity index is 741. The molecule has 0 saturated heterocycles. The molecule has 0 amide bonds. The molecule has 2 heterocycles. The smallest absolute Gasteiger partial charge is 0.340 e. The molecule has 6 heteroatoms. The van der Waals surface area contributed by atoms with Gasteiger partial charge in [0, 0.05) is 27.9 Å². The fourth-order valence-corrected chi connectivity index (χ4v) is 3.22. The molecule has 0 atom stereocenters. The Morgan fingerprint density at radius 3 is 2.65 bits per heavy atom. The standard InChI is InChI=1S/C17H19NO4S/c1-4-22-17(21)16-12(3)18(10-13-6-5-9-23-13)11(2)14(16)7-8-15(19)20/h5-9H,4,10H2,1-3H3,(H,19,20)/b8-7+. The average Bonchev–Trinajstić information content (AvgIpc) is 3.07. The highest BCUT2D eigenvalue weighted by molar-refractivity contribution is 7.09. The van der Waals surface area contributed by atoms with Crippen LogP contribution in [0.2, 0.25) is 0 Å². The Labute approximate surface area is 138 Å². The molecule has 1 N–H and O–H groups in total. The zero-order chi connectivity index (χ0) is 17.0. The SMILES string of the molecule is CCOC(=O)c1c(/C=C/C(=O)O)c(C)n(Cc2cccs2)c1C. The molecule has 0 bridgehead atoms. The second-order valence-corrected chi connectivity index (χ2v) is 6.05. The normalized spacial score (nSPS) is 11.1. The number of thiophene rings is 1. The van der Waals surface area contributed by atoms with Crippen molar-refractivity contribution < 1.29 is 19.4 Å². The summed E-state index contributed by atoms with van der Waals surface area (Å²) in [5.74, 6) is -1.48. The summed E-state index contributed by atoms with van der Waals surface area (Å²) in [5, 5.41) is 10.9. The van der Waals surface area contributed by atoms with Crippen LogP contribution in [0.1, 0.15) is 39.1 Å². The lowest BCUT2D eigenvalue weighted by molar-refractivity contribution is -0.131. The first-order valence-corrected chi connectivity index (χ1v) is 8.13. The number of carbonyl (C=O) groups is 2. The minimum Gasteiger partial charge on any atom is -0.478 e. The second-order valence-electron chi connectivity index (χ2n) is 5.02. The Morgan fingerprint density at radius 1 is 1.35 bits per heavy atom. The Kier molecular flexibility index (Phi) is 5.39. The van der Waals surface area contributed by atoms with Crippen molar-refractivity contribution in [2.24, 2.45) is 0 Å². The molecular weight excluding hydrogens is 314 g/mol. The average molecular weight is 333 g/mol. The van der Waals surface area contributed by atoms with E-state index in [1.54, 1.807) is 18.3 Å². The van der Waals surface area contributed by atoms with E-state index in [1.807, 2.05) is 35.9 Å². The molecule has 0 spiro atoms. The van der Waals surface area contributed by atoms with Crippen LogP contribution < -0.4 is 0 Å². The lowest BCUT2D eigenvalue weighted by Crippen LogP contribution is -2.08. The van der Waals surface area contributed by atoms with E-state index >= 15 is 0 Å². The first-order valence-electron chi connectivity index (χ1n) is 7.25. The highest BCUT2D eigenvalue weighted by Crippen LogP contribution is 2.26. The number of rotatable bonds is 6. The van der Waals surface area contributed by atoms with Gasteiger partial charge in [-0.25, -0.2) is 9.59 Å². The van der Waals surface area contributed by atoms with Gasteiger partial charge in [-0.05, 0) is 38.3 Å². The van der Waals surface area contributed by atoms with Crippen LogP contribution >= 0.6 is 11.3 Å². The van der Waals surface area contributed by atoms with Gasteiger partial charge in [0.1, 0.15) is 0 Å². The third kappa shape index (κ3) is 3.71. The topological polar surface area (TPSA) is 68.5 Å². The van der Waals surface area contributed by atoms with Gasteiger partial charge >= 0.3 is 11.9 Å². The van der Waals surface area contributed by atoms with Crippen molar-refractivity contribution in [1.29, 1.82) is 0 Å². The van der Waals surface area contributed by atoms with E-state index in [4.69, 9.17) is 9.84 Å². The van der Waals surface area contributed by atoms with E-state index < -0.39 is 11.9 Å². The van der Waals surface area contributed by atoms with E-state index in [-0.39, 0.29) is 6.61 Å². The molecular formula is C17H19NO4S. The van der Waals surface area contributed by atoms with Crippen molar-refractivity contribution in [1.82, 2.24) is 4.57 Å². The summed E-state index contributed by atoms with van der Waals surface area (Å²) >= 11 is 1.64. The minimum atomic E-state index is -1.05. The maximum Gasteiger partial charge on any atom is 0.340 e. The Hall–Kier alpha value is -2.34. The largest absolute Gasteiger partial charge is 0.478 e. The van der Waals surface area contributed by atoms with Crippen LogP contribution in [-0.4, -0.2) is 28.2 Å². The molecule has 0 aliphatic rings. The van der Waals surface area contributed by atoms with Crippen LogP contribution in [0, 0.1) is 13.8 Å². The van der Waals surface area contributed by atoms with Crippen LogP contribution in [0.25, 0.3) is 6.08 Å². The van der Waals surface area contributed by atoms with Gasteiger partial charge in [0.2, 0.25) is 0 Å². The molecule has 0 unspecified atom stereocenters. The predicted molar refractivity (Wildman–Crippen MR) is 90.0 cm³/mol. The second kappa shape index (κ2) is 7.28. The fraction of sp³-hybridized carbons (Fsp3) is 0.294. The summed E-state index contributed by atoms with van der Waals surface area (Å²) < 4.78 is 7.14. The van der Waals surface area contributed by atoms with Gasteiger partial charge in [-0.2, -0.15) is 0 Å². The van der Waals surface area contributed by atoms with Crippen molar-refractivity contribution in [2.45, 2.75) is 27.3 Å². The first kappa shape index (κ1) is 17.0. The maximum atomic E-state index is 12.3. The molecule has 0 aromatic carbocycles. The van der Waals surface area contributed by atoms with Crippen LogP contribution in [0.4, 0.5) is 0 Å². The number of hydrogen-bond donors (Lipinski definition) is 1. The summed E-state index contributed by atoms with van der Waals surface area (Å²) in [6.45, 7) is 6.39. The summed E-state index contributed by atoms with van der Waals surface area (Å²) in [6, 6.07) is 4.01. The zero-order valence-corrected chi connectivity index (χ0v) is 14.1. The molecule has 5 nitrogen and oxygen atoms in total. The highest BCUT2D eigenvalue weighted by atomic mass is 32.1. The van der Waals surface area contributed by atoms with E-state index in [1.165, 1.54) is 6.08 Å². The molecule has 0 aliphatic carbocycles. The van der Waals surface area contributed by atoms with Crippen LogP contribution in [0.5, 0.6) is 0 Å². The molecule has 23 heavy (non-hydrogen) atoms. The van der Waals surface area contributed by atoms with E-state index in [9.17, 15) is 9.59 Å². The lowest BCUT2D eigenvalue weighted by Gasteiger charge is -2.08. The van der Waals surface area contributed by atoms with E-state index in [2.05, 4.69) is 0 Å². The molecule has 2 aromatic rings. The maximum absolute atomic E-state index is 12.3. The number of carboxylic acid groups (broad SMARTS) is 1. The van der Waals surface area contributed by atoms with Crippen molar-refractivity contribution in [3.05, 3.63) is 51.0 Å². The third-order valence-electron chi connectivity index (χ3n) is 3.60. The van der Waals surface area contributed by atoms with E-state index in [0.717, 1.165) is 22.3 Å². The van der Waals surface area contributed by atoms with Crippen LogP contribution in [0.3, 0.4) is 0 Å². The highest BCUT2D eigenvalue weighted by Gasteiger charge is 2.23. The third-order valence-corrected chi connectivity index (χ3v) is 4.46. The zero-order valence-electron chi connectivity index (χ0n) is 13.3. The van der Waals surface area contributed by atoms with Gasteiger partial charge in [0.05, 0.1) is 18.7 Å². The van der Waals surface area contributed by atoms with Crippen molar-refractivity contribution in [3.8, 4) is 0 Å².